The van der Waals surface area contributed by atoms with Gasteiger partial charge in [0.2, 0.25) is 0 Å². The van der Waals surface area contributed by atoms with Gasteiger partial charge in [0.1, 0.15) is 5.82 Å². The van der Waals surface area contributed by atoms with E-state index in [9.17, 15) is 0 Å². The van der Waals surface area contributed by atoms with Gasteiger partial charge in [-0.2, -0.15) is 0 Å². The molecule has 2 saturated heterocycles. The van der Waals surface area contributed by atoms with Crippen LogP contribution in [0.3, 0.4) is 0 Å². The molecule has 0 aromatic carbocycles. The number of aryl methyl sites for hydroxylation is 1. The first kappa shape index (κ1) is 17.7. The number of fused-ring (bicyclic) bond motifs is 1. The first-order valence-electron chi connectivity index (χ1n) is 10.1. The summed E-state index contributed by atoms with van der Waals surface area (Å²) in [6.45, 7) is 7.62. The molecule has 0 radical (unpaired) electrons. The molecule has 0 atom stereocenters. The number of unbranched alkanes of at least 4 members (excludes halogenated alkanes) is 2. The van der Waals surface area contributed by atoms with Gasteiger partial charge < -0.3 is 19.5 Å². The number of nitrogens with one attached hydrogen (secondary N) is 1. The molecular formula is C19H30N6O. The van der Waals surface area contributed by atoms with Crippen molar-refractivity contribution in [1.82, 2.24) is 24.8 Å². The maximum absolute atomic E-state index is 5.53. The number of rotatable bonds is 6. The van der Waals surface area contributed by atoms with Gasteiger partial charge in [0.25, 0.3) is 0 Å². The molecule has 0 saturated carbocycles. The van der Waals surface area contributed by atoms with Gasteiger partial charge in [-0.3, -0.25) is 0 Å². The Hall–Kier alpha value is -1.73. The largest absolute Gasteiger partial charge is 0.378 e. The lowest BCUT2D eigenvalue weighted by Crippen LogP contribution is -2.37. The second-order valence-corrected chi connectivity index (χ2v) is 7.33. The zero-order valence-corrected chi connectivity index (χ0v) is 15.8. The SMILES string of the molecule is CCCCCc1nc(N2CCOCC2)c2ncn(C3CCNCC3)c2n1. The summed E-state index contributed by atoms with van der Waals surface area (Å²) in [6, 6.07) is 0.484. The molecule has 0 spiro atoms. The molecule has 2 aromatic heterocycles. The van der Waals surface area contributed by atoms with Crippen LogP contribution in [0.4, 0.5) is 5.82 Å². The van der Waals surface area contributed by atoms with Crippen LogP contribution in [-0.2, 0) is 11.2 Å². The molecular weight excluding hydrogens is 328 g/mol. The predicted octanol–water partition coefficient (Wildman–Crippen LogP) is 2.32. The fourth-order valence-electron chi connectivity index (χ4n) is 3.94. The lowest BCUT2D eigenvalue weighted by atomic mass is 10.1. The number of hydrogen-bond donors (Lipinski definition) is 1. The van der Waals surface area contributed by atoms with Crippen molar-refractivity contribution in [2.24, 2.45) is 0 Å². The van der Waals surface area contributed by atoms with Crippen LogP contribution in [-0.4, -0.2) is 58.9 Å². The summed E-state index contributed by atoms with van der Waals surface area (Å²) in [5, 5.41) is 3.44. The molecule has 4 rings (SSSR count). The standard InChI is InChI=1S/C19H30N6O/c1-2-3-4-5-16-22-18(24-10-12-26-13-11-24)17-19(23-16)25(14-21-17)15-6-8-20-9-7-15/h14-15,20H,2-13H2,1H3. The second kappa shape index (κ2) is 8.31. The normalized spacial score (nSPS) is 19.3. The molecule has 0 amide bonds. The molecule has 2 fully saturated rings. The third-order valence-corrected chi connectivity index (χ3v) is 5.47. The van der Waals surface area contributed by atoms with E-state index in [-0.39, 0.29) is 0 Å². The zero-order chi connectivity index (χ0) is 17.8. The number of hydrogen-bond acceptors (Lipinski definition) is 6. The van der Waals surface area contributed by atoms with Gasteiger partial charge in [-0.15, -0.1) is 0 Å². The fourth-order valence-corrected chi connectivity index (χ4v) is 3.94. The average molecular weight is 358 g/mol. The number of nitrogens with zero attached hydrogens (tertiary/aromatic N) is 5. The van der Waals surface area contributed by atoms with Gasteiger partial charge in [-0.25, -0.2) is 15.0 Å². The highest BCUT2D eigenvalue weighted by Crippen LogP contribution is 2.28. The van der Waals surface area contributed by atoms with E-state index in [1.54, 1.807) is 0 Å². The van der Waals surface area contributed by atoms with Gasteiger partial charge in [0.05, 0.1) is 19.5 Å². The van der Waals surface area contributed by atoms with Crippen molar-refractivity contribution < 1.29 is 4.74 Å². The molecule has 0 bridgehead atoms. The number of piperidine rings is 1. The summed E-state index contributed by atoms with van der Waals surface area (Å²) in [5.74, 6) is 1.96. The molecule has 0 unspecified atom stereocenters. The highest BCUT2D eigenvalue weighted by Gasteiger charge is 2.23. The topological polar surface area (TPSA) is 68.1 Å². The third kappa shape index (κ3) is 3.69. The van der Waals surface area contributed by atoms with Crippen molar-refractivity contribution in [2.45, 2.75) is 51.5 Å². The monoisotopic (exact) mass is 358 g/mol. The second-order valence-electron chi connectivity index (χ2n) is 7.33. The minimum atomic E-state index is 0.484. The van der Waals surface area contributed by atoms with Crippen LogP contribution in [0.1, 0.15) is 50.9 Å². The van der Waals surface area contributed by atoms with E-state index < -0.39 is 0 Å². The Morgan fingerprint density at radius 2 is 1.96 bits per heavy atom. The van der Waals surface area contributed by atoms with Crippen molar-refractivity contribution in [1.29, 1.82) is 0 Å². The Morgan fingerprint density at radius 1 is 1.15 bits per heavy atom. The third-order valence-electron chi connectivity index (χ3n) is 5.47. The van der Waals surface area contributed by atoms with Crippen LogP contribution in [0.2, 0.25) is 0 Å². The number of ether oxygens (including phenoxy) is 1. The van der Waals surface area contributed by atoms with E-state index in [4.69, 9.17) is 19.7 Å². The fraction of sp³-hybridized carbons (Fsp3) is 0.737. The number of aromatic nitrogens is 4. The summed E-state index contributed by atoms with van der Waals surface area (Å²) in [5.41, 5.74) is 1.96. The maximum atomic E-state index is 5.53. The maximum Gasteiger partial charge on any atom is 0.166 e. The lowest BCUT2D eigenvalue weighted by Gasteiger charge is -2.28. The van der Waals surface area contributed by atoms with Gasteiger partial charge in [-0.05, 0) is 32.4 Å². The molecule has 142 valence electrons. The molecule has 0 aliphatic carbocycles. The Labute approximate surface area is 155 Å². The summed E-state index contributed by atoms with van der Waals surface area (Å²) >= 11 is 0. The van der Waals surface area contributed by atoms with Gasteiger partial charge in [0.15, 0.2) is 17.0 Å². The molecule has 2 aliphatic rings. The van der Waals surface area contributed by atoms with Crippen LogP contribution < -0.4 is 10.2 Å². The zero-order valence-electron chi connectivity index (χ0n) is 15.8. The Bertz CT molecular complexity index is 718. The molecule has 1 N–H and O–H groups in total. The van der Waals surface area contributed by atoms with Gasteiger partial charge in [0, 0.05) is 25.6 Å². The number of anilines is 1. The molecule has 7 nitrogen and oxygen atoms in total. The van der Waals surface area contributed by atoms with E-state index in [1.807, 2.05) is 6.33 Å². The highest BCUT2D eigenvalue weighted by atomic mass is 16.5. The van der Waals surface area contributed by atoms with Crippen molar-refractivity contribution in [2.75, 3.05) is 44.3 Å². The molecule has 26 heavy (non-hydrogen) atoms. The Kier molecular flexibility index (Phi) is 5.65. The first-order chi connectivity index (χ1) is 12.9. The van der Waals surface area contributed by atoms with Gasteiger partial charge in [-0.1, -0.05) is 19.8 Å². The smallest absolute Gasteiger partial charge is 0.166 e. The summed E-state index contributed by atoms with van der Waals surface area (Å²) in [6.07, 6.45) is 8.77. The van der Waals surface area contributed by atoms with E-state index in [0.29, 0.717) is 6.04 Å². The van der Waals surface area contributed by atoms with E-state index in [1.165, 1.54) is 12.8 Å². The average Bonchev–Trinajstić information content (AvgIpc) is 3.13. The quantitative estimate of drug-likeness (QED) is 0.800. The van der Waals surface area contributed by atoms with E-state index in [0.717, 1.165) is 87.9 Å². The first-order valence-corrected chi connectivity index (χ1v) is 10.1. The van der Waals surface area contributed by atoms with Crippen LogP contribution >= 0.6 is 0 Å². The van der Waals surface area contributed by atoms with Gasteiger partial charge >= 0.3 is 0 Å². The van der Waals surface area contributed by atoms with Crippen molar-refractivity contribution in [3.8, 4) is 0 Å². The van der Waals surface area contributed by atoms with Crippen molar-refractivity contribution >= 4 is 17.0 Å². The van der Waals surface area contributed by atoms with Crippen molar-refractivity contribution in [3.05, 3.63) is 12.2 Å². The van der Waals surface area contributed by atoms with E-state index >= 15 is 0 Å². The Morgan fingerprint density at radius 3 is 2.73 bits per heavy atom. The van der Waals surface area contributed by atoms with Crippen molar-refractivity contribution in [3.63, 3.8) is 0 Å². The minimum absolute atomic E-state index is 0.484. The van der Waals surface area contributed by atoms with Crippen LogP contribution in [0.25, 0.3) is 11.2 Å². The predicted molar refractivity (Wildman–Crippen MR) is 103 cm³/mol. The highest BCUT2D eigenvalue weighted by molar-refractivity contribution is 5.83. The van der Waals surface area contributed by atoms with Crippen LogP contribution in [0, 0.1) is 0 Å². The van der Waals surface area contributed by atoms with Crippen LogP contribution in [0.15, 0.2) is 6.33 Å². The number of imidazole rings is 1. The van der Waals surface area contributed by atoms with Crippen LogP contribution in [0.5, 0.6) is 0 Å². The molecule has 7 heteroatoms. The summed E-state index contributed by atoms with van der Waals surface area (Å²) < 4.78 is 7.82. The molecule has 4 heterocycles. The Balaban J connectivity index is 1.71. The molecule has 2 aliphatic heterocycles. The summed E-state index contributed by atoms with van der Waals surface area (Å²) in [7, 11) is 0. The minimum Gasteiger partial charge on any atom is -0.378 e. The lowest BCUT2D eigenvalue weighted by molar-refractivity contribution is 0.122. The number of morpholine rings is 1. The summed E-state index contributed by atoms with van der Waals surface area (Å²) in [4.78, 5) is 16.9. The molecule has 2 aromatic rings. The van der Waals surface area contributed by atoms with E-state index in [2.05, 4.69) is 21.7 Å².